The number of hydrogen-bond donors (Lipinski definition) is 0. The van der Waals surface area contributed by atoms with Gasteiger partial charge in [-0.15, -0.1) is 0 Å². The van der Waals surface area contributed by atoms with E-state index in [4.69, 9.17) is 22.1 Å². The second-order valence-corrected chi connectivity index (χ2v) is 10.4. The summed E-state index contributed by atoms with van der Waals surface area (Å²) < 4.78 is 59.1. The fourth-order valence-corrected chi connectivity index (χ4v) is 5.63. The zero-order valence-electron chi connectivity index (χ0n) is 20.7. The summed E-state index contributed by atoms with van der Waals surface area (Å²) in [5, 5.41) is 4.30. The molecule has 10 nitrogen and oxygen atoms in total. The van der Waals surface area contributed by atoms with Crippen LogP contribution in [0.5, 0.6) is 17.4 Å². The van der Waals surface area contributed by atoms with Crippen molar-refractivity contribution in [3.63, 3.8) is 0 Å². The molecule has 3 aromatic rings. The number of ether oxygens (including phenoxy) is 3. The fraction of sp³-hybridized carbons (Fsp3) is 0.375. The van der Waals surface area contributed by atoms with Gasteiger partial charge in [-0.3, -0.25) is 9.48 Å². The number of aromatic nitrogens is 3. The van der Waals surface area contributed by atoms with Crippen molar-refractivity contribution in [2.24, 2.45) is 0 Å². The third-order valence-corrected chi connectivity index (χ3v) is 7.95. The molecular formula is C24H26BFN4O6S. The Balaban J connectivity index is 1.57. The Labute approximate surface area is 215 Å². The summed E-state index contributed by atoms with van der Waals surface area (Å²) in [6, 6.07) is 4.47. The lowest BCUT2D eigenvalue weighted by Crippen LogP contribution is -2.34. The minimum atomic E-state index is -4.00. The van der Waals surface area contributed by atoms with Crippen LogP contribution in [0, 0.1) is 5.82 Å². The molecule has 1 atom stereocenters. The lowest BCUT2D eigenvalue weighted by molar-refractivity contribution is -0.144. The molecule has 1 aliphatic carbocycles. The molecule has 0 saturated heterocycles. The van der Waals surface area contributed by atoms with Gasteiger partial charge in [-0.1, -0.05) is 0 Å². The molecule has 13 heteroatoms. The van der Waals surface area contributed by atoms with E-state index in [0.29, 0.717) is 12.8 Å². The van der Waals surface area contributed by atoms with E-state index < -0.39 is 27.9 Å². The van der Waals surface area contributed by atoms with Crippen LogP contribution < -0.4 is 14.9 Å². The number of esters is 1. The van der Waals surface area contributed by atoms with Gasteiger partial charge < -0.3 is 14.2 Å². The number of sulfonamides is 1. The molecule has 0 amide bonds. The zero-order chi connectivity index (χ0) is 26.7. The van der Waals surface area contributed by atoms with Crippen LogP contribution in [0.3, 0.4) is 0 Å². The van der Waals surface area contributed by atoms with Crippen LogP contribution in [-0.2, 0) is 32.5 Å². The molecule has 0 bridgehead atoms. The first kappa shape index (κ1) is 26.6. The van der Waals surface area contributed by atoms with Crippen LogP contribution in [0.2, 0.25) is 0 Å². The molecule has 2 heterocycles. The number of rotatable bonds is 9. The van der Waals surface area contributed by atoms with E-state index in [9.17, 15) is 17.6 Å². The lowest BCUT2D eigenvalue weighted by atomic mass is 9.93. The molecule has 0 saturated carbocycles. The van der Waals surface area contributed by atoms with Gasteiger partial charge in [0, 0.05) is 24.4 Å². The zero-order valence-corrected chi connectivity index (χ0v) is 21.5. The van der Waals surface area contributed by atoms with Crippen molar-refractivity contribution in [3.05, 3.63) is 53.7 Å². The monoisotopic (exact) mass is 528 g/mol. The Morgan fingerprint density at radius 2 is 2.05 bits per heavy atom. The summed E-state index contributed by atoms with van der Waals surface area (Å²) in [6.45, 7) is 1.96. The van der Waals surface area contributed by atoms with Crippen molar-refractivity contribution in [1.29, 1.82) is 0 Å². The lowest BCUT2D eigenvalue weighted by Gasteiger charge is -2.31. The van der Waals surface area contributed by atoms with Crippen LogP contribution in [0.15, 0.2) is 41.6 Å². The number of hydrogen-bond acceptors (Lipinski definition) is 8. The van der Waals surface area contributed by atoms with Gasteiger partial charge in [-0.25, -0.2) is 17.8 Å². The molecule has 0 N–H and O–H groups in total. The molecule has 0 aliphatic heterocycles. The van der Waals surface area contributed by atoms with E-state index in [1.165, 1.54) is 36.7 Å². The summed E-state index contributed by atoms with van der Waals surface area (Å²) >= 11 is 0. The van der Waals surface area contributed by atoms with Gasteiger partial charge >= 0.3 is 5.97 Å². The number of pyridine rings is 1. The number of benzene rings is 1. The molecule has 1 aliphatic rings. The molecule has 0 fully saturated rings. The number of halogens is 1. The molecular weight excluding hydrogens is 502 g/mol. The van der Waals surface area contributed by atoms with Gasteiger partial charge in [0.05, 0.1) is 32.2 Å². The molecule has 1 aromatic carbocycles. The highest BCUT2D eigenvalue weighted by Gasteiger charge is 2.34. The van der Waals surface area contributed by atoms with Crippen molar-refractivity contribution < 1.29 is 31.8 Å². The Bertz CT molecular complexity index is 1410. The van der Waals surface area contributed by atoms with Crippen LogP contribution >= 0.6 is 0 Å². The van der Waals surface area contributed by atoms with Gasteiger partial charge in [0.2, 0.25) is 15.9 Å². The van der Waals surface area contributed by atoms with Gasteiger partial charge in [0.1, 0.15) is 25.1 Å². The highest BCUT2D eigenvalue weighted by atomic mass is 32.2. The predicted octanol–water partition coefficient (Wildman–Crippen LogP) is 2.27. The molecule has 194 valence electrons. The third kappa shape index (κ3) is 5.47. The first-order valence-corrected chi connectivity index (χ1v) is 13.0. The van der Waals surface area contributed by atoms with Gasteiger partial charge in [0.15, 0.2) is 11.5 Å². The molecule has 2 radical (unpaired) electrons. The van der Waals surface area contributed by atoms with Gasteiger partial charge in [-0.05, 0) is 49.8 Å². The second-order valence-electron chi connectivity index (χ2n) is 8.40. The van der Waals surface area contributed by atoms with Crippen LogP contribution in [-0.4, -0.2) is 62.1 Å². The third-order valence-electron chi connectivity index (χ3n) is 6.12. The molecule has 2 aromatic heterocycles. The summed E-state index contributed by atoms with van der Waals surface area (Å²) in [5.74, 6) is -0.656. The number of carbonyl (C=O) groups excluding carboxylic acids is 1. The van der Waals surface area contributed by atoms with Crippen molar-refractivity contribution in [2.45, 2.75) is 43.7 Å². The van der Waals surface area contributed by atoms with Crippen LogP contribution in [0.4, 0.5) is 4.39 Å². The number of fused-ring (bicyclic) bond motifs is 1. The van der Waals surface area contributed by atoms with E-state index in [0.717, 1.165) is 29.9 Å². The minimum Gasteiger partial charge on any atom is -0.493 e. The minimum absolute atomic E-state index is 0.0209. The standard InChI is InChI=1S/C24H26BFN4O6S/c1-4-35-23(31)14-30-20-7-5-6-19(17(20)13-28-30)29(2)37(32,33)16-11-18(25)24(27-12-16)36-21-9-8-15(26)10-22(21)34-3/h8-13,19H,4-7,14H2,1-3H3/t19-/m1/s1. The van der Waals surface area contributed by atoms with E-state index in [-0.39, 0.29) is 40.9 Å². The Hall–Kier alpha value is -3.45. The van der Waals surface area contributed by atoms with Crippen molar-refractivity contribution in [1.82, 2.24) is 19.1 Å². The molecule has 4 rings (SSSR count). The first-order valence-electron chi connectivity index (χ1n) is 11.6. The van der Waals surface area contributed by atoms with Gasteiger partial charge in [0.25, 0.3) is 0 Å². The smallest absolute Gasteiger partial charge is 0.327 e. The summed E-state index contributed by atoms with van der Waals surface area (Å²) in [6.07, 6.45) is 4.74. The SMILES string of the molecule is [B]c1cc(S(=O)(=O)N(C)[C@@H]2CCCc3c2cnn3CC(=O)OCC)cnc1Oc1ccc(F)cc1OC. The summed E-state index contributed by atoms with van der Waals surface area (Å²) in [5.41, 5.74) is 1.53. The summed E-state index contributed by atoms with van der Waals surface area (Å²) in [4.78, 5) is 15.9. The number of methoxy groups -OCH3 is 1. The topological polar surface area (TPSA) is 113 Å². The van der Waals surface area contributed by atoms with Crippen LogP contribution in [0.25, 0.3) is 0 Å². The highest BCUT2D eigenvalue weighted by Crippen LogP contribution is 2.36. The van der Waals surface area contributed by atoms with Gasteiger partial charge in [-0.2, -0.15) is 9.40 Å². The maximum absolute atomic E-state index is 13.5. The van der Waals surface area contributed by atoms with E-state index >= 15 is 0 Å². The average molecular weight is 528 g/mol. The molecule has 37 heavy (non-hydrogen) atoms. The predicted molar refractivity (Wildman–Crippen MR) is 132 cm³/mol. The largest absolute Gasteiger partial charge is 0.493 e. The molecule has 0 unspecified atom stereocenters. The Kier molecular flexibility index (Phi) is 7.83. The average Bonchev–Trinajstić information content (AvgIpc) is 3.28. The van der Waals surface area contributed by atoms with Crippen molar-refractivity contribution in [2.75, 3.05) is 20.8 Å². The molecule has 0 spiro atoms. The highest BCUT2D eigenvalue weighted by molar-refractivity contribution is 7.89. The normalized spacial score (nSPS) is 15.3. The number of nitrogens with zero attached hydrogens (tertiary/aromatic N) is 4. The maximum Gasteiger partial charge on any atom is 0.327 e. The first-order chi connectivity index (χ1) is 17.6. The second kappa shape index (κ2) is 10.9. The van der Waals surface area contributed by atoms with Crippen molar-refractivity contribution in [3.8, 4) is 17.4 Å². The summed E-state index contributed by atoms with van der Waals surface area (Å²) in [7, 11) is 4.92. The maximum atomic E-state index is 13.5. The van der Waals surface area contributed by atoms with Crippen molar-refractivity contribution >= 4 is 29.3 Å². The quantitative estimate of drug-likeness (QED) is 0.307. The number of carbonyl (C=O) groups is 1. The van der Waals surface area contributed by atoms with E-state index in [2.05, 4.69) is 10.1 Å². The van der Waals surface area contributed by atoms with Crippen LogP contribution in [0.1, 0.15) is 37.1 Å². The van der Waals surface area contributed by atoms with E-state index in [1.807, 2.05) is 0 Å². The Morgan fingerprint density at radius 3 is 2.76 bits per heavy atom. The Morgan fingerprint density at radius 1 is 1.27 bits per heavy atom. The fourth-order valence-electron chi connectivity index (χ4n) is 4.28. The van der Waals surface area contributed by atoms with E-state index in [1.54, 1.807) is 17.8 Å².